The van der Waals surface area contributed by atoms with Gasteiger partial charge < -0.3 is 15.0 Å². The van der Waals surface area contributed by atoms with Crippen molar-refractivity contribution >= 4 is 10.9 Å². The second kappa shape index (κ2) is 4.14. The van der Waals surface area contributed by atoms with Crippen molar-refractivity contribution in [3.63, 3.8) is 0 Å². The van der Waals surface area contributed by atoms with Gasteiger partial charge in [-0.1, -0.05) is 0 Å². The van der Waals surface area contributed by atoms with Crippen LogP contribution in [0.3, 0.4) is 0 Å². The molecule has 0 spiro atoms. The lowest BCUT2D eigenvalue weighted by Crippen LogP contribution is -2.11. The molecule has 2 rings (SSSR count). The zero-order valence-corrected chi connectivity index (χ0v) is 9.46. The number of fused-ring (bicyclic) bond motifs is 1. The topological polar surface area (TPSA) is 40.2 Å². The lowest BCUT2D eigenvalue weighted by atomic mass is 10.2. The van der Waals surface area contributed by atoms with Gasteiger partial charge in [0.05, 0.1) is 12.6 Å². The van der Waals surface area contributed by atoms with E-state index in [0.717, 1.165) is 11.1 Å². The molecule has 0 bridgehead atoms. The highest BCUT2D eigenvalue weighted by Gasteiger charge is 2.11. The van der Waals surface area contributed by atoms with Crippen LogP contribution >= 0.6 is 0 Å². The molecule has 0 fully saturated rings. The third-order valence-corrected chi connectivity index (χ3v) is 2.71. The quantitative estimate of drug-likeness (QED) is 0.863. The largest absolute Gasteiger partial charge is 0.497 e. The molecule has 16 heavy (non-hydrogen) atoms. The molecule has 2 aromatic rings. The Labute approximate surface area is 93.6 Å². The monoisotopic (exact) mass is 222 g/mol. The van der Waals surface area contributed by atoms with Gasteiger partial charge in [0.15, 0.2) is 5.82 Å². The van der Waals surface area contributed by atoms with Crippen LogP contribution in [0.25, 0.3) is 10.9 Å². The summed E-state index contributed by atoms with van der Waals surface area (Å²) in [6, 6.07) is 5.17. The second-order valence-electron chi connectivity index (χ2n) is 3.77. The van der Waals surface area contributed by atoms with Crippen molar-refractivity contribution in [2.45, 2.75) is 13.5 Å². The predicted octanol–water partition coefficient (Wildman–Crippen LogP) is 2.06. The fraction of sp³-hybridized carbons (Fsp3) is 0.333. The number of hydrogen-bond donors (Lipinski definition) is 1. The average Bonchev–Trinajstić information content (AvgIpc) is 2.56. The number of ether oxygens (including phenoxy) is 1. The molecule has 0 aliphatic carbocycles. The summed E-state index contributed by atoms with van der Waals surface area (Å²) in [6.45, 7) is 3.07. The molecule has 1 heterocycles. The normalized spacial score (nSPS) is 11.0. The van der Waals surface area contributed by atoms with E-state index < -0.39 is 0 Å². The third-order valence-electron chi connectivity index (χ3n) is 2.71. The molecule has 4 heteroatoms. The average molecular weight is 222 g/mol. The Morgan fingerprint density at radius 2 is 2.12 bits per heavy atom. The Bertz CT molecular complexity index is 519. The fourth-order valence-electron chi connectivity index (χ4n) is 2.00. The van der Waals surface area contributed by atoms with Gasteiger partial charge in [-0.2, -0.15) is 0 Å². The Hall–Kier alpha value is -1.55. The minimum absolute atomic E-state index is 0.268. The van der Waals surface area contributed by atoms with Gasteiger partial charge in [0.2, 0.25) is 0 Å². The minimum Gasteiger partial charge on any atom is -0.497 e. The fourth-order valence-corrected chi connectivity index (χ4v) is 2.00. The summed E-state index contributed by atoms with van der Waals surface area (Å²) in [7, 11) is 1.53. The van der Waals surface area contributed by atoms with Crippen molar-refractivity contribution in [3.8, 4) is 5.75 Å². The van der Waals surface area contributed by atoms with E-state index in [-0.39, 0.29) is 5.82 Å². The van der Waals surface area contributed by atoms with Crippen LogP contribution in [0.1, 0.15) is 5.69 Å². The number of nitrogens with zero attached hydrogens (tertiary/aromatic N) is 1. The molecule has 0 radical (unpaired) electrons. The highest BCUT2D eigenvalue weighted by atomic mass is 19.1. The van der Waals surface area contributed by atoms with Gasteiger partial charge in [0.1, 0.15) is 5.75 Å². The van der Waals surface area contributed by atoms with Crippen molar-refractivity contribution in [2.75, 3.05) is 13.7 Å². The lowest BCUT2D eigenvalue weighted by molar-refractivity contribution is 0.412. The van der Waals surface area contributed by atoms with E-state index in [4.69, 9.17) is 10.5 Å². The van der Waals surface area contributed by atoms with Crippen molar-refractivity contribution in [1.82, 2.24) is 4.57 Å². The summed E-state index contributed by atoms with van der Waals surface area (Å²) in [5, 5.41) is 0.850. The Kier molecular flexibility index (Phi) is 2.83. The number of benzene rings is 1. The summed E-state index contributed by atoms with van der Waals surface area (Å²) in [6.07, 6.45) is 0. The second-order valence-corrected chi connectivity index (χ2v) is 3.77. The molecule has 0 saturated heterocycles. The number of methoxy groups -OCH3 is 1. The highest BCUT2D eigenvalue weighted by molar-refractivity contribution is 5.83. The van der Waals surface area contributed by atoms with Crippen molar-refractivity contribution in [1.29, 1.82) is 0 Å². The molecule has 0 amide bonds. The molecule has 0 aliphatic rings. The van der Waals surface area contributed by atoms with E-state index in [1.165, 1.54) is 13.2 Å². The molecular weight excluding hydrogens is 207 g/mol. The first-order chi connectivity index (χ1) is 7.67. The van der Waals surface area contributed by atoms with Gasteiger partial charge >= 0.3 is 0 Å². The molecule has 0 saturated carbocycles. The van der Waals surface area contributed by atoms with Crippen LogP contribution in [-0.2, 0) is 6.54 Å². The molecule has 0 atom stereocenters. The van der Waals surface area contributed by atoms with Crippen molar-refractivity contribution in [2.24, 2.45) is 5.73 Å². The molecule has 0 aliphatic heterocycles. The molecular formula is C12H15FN2O. The predicted molar refractivity (Wildman–Crippen MR) is 62.2 cm³/mol. The number of aryl methyl sites for hydroxylation is 1. The van der Waals surface area contributed by atoms with Crippen LogP contribution in [0.4, 0.5) is 4.39 Å². The van der Waals surface area contributed by atoms with Crippen molar-refractivity contribution in [3.05, 3.63) is 29.7 Å². The smallest absolute Gasteiger partial charge is 0.151 e. The maximum Gasteiger partial charge on any atom is 0.151 e. The lowest BCUT2D eigenvalue weighted by Gasteiger charge is -2.07. The van der Waals surface area contributed by atoms with Crippen molar-refractivity contribution < 1.29 is 9.13 Å². The van der Waals surface area contributed by atoms with Gasteiger partial charge in [-0.3, -0.25) is 0 Å². The maximum absolute atomic E-state index is 13.9. The Morgan fingerprint density at radius 3 is 2.75 bits per heavy atom. The van der Waals surface area contributed by atoms with E-state index in [9.17, 15) is 4.39 Å². The van der Waals surface area contributed by atoms with Gasteiger partial charge in [-0.25, -0.2) is 4.39 Å². The van der Waals surface area contributed by atoms with Crippen LogP contribution in [-0.4, -0.2) is 18.2 Å². The first kappa shape index (κ1) is 11.0. The van der Waals surface area contributed by atoms with E-state index in [2.05, 4.69) is 0 Å². The van der Waals surface area contributed by atoms with E-state index in [0.29, 0.717) is 24.4 Å². The standard InChI is InChI=1S/C12H15FN2O/c1-8-5-9-6-10(16-2)7-11(13)12(9)15(8)4-3-14/h5-7H,3-4,14H2,1-2H3. The Morgan fingerprint density at radius 1 is 1.38 bits per heavy atom. The molecule has 0 unspecified atom stereocenters. The van der Waals surface area contributed by atoms with E-state index in [1.54, 1.807) is 0 Å². The molecule has 2 N–H and O–H groups in total. The highest BCUT2D eigenvalue weighted by Crippen LogP contribution is 2.27. The number of rotatable bonds is 3. The third kappa shape index (κ3) is 1.65. The summed E-state index contributed by atoms with van der Waals surface area (Å²) < 4.78 is 20.8. The molecule has 86 valence electrons. The zero-order chi connectivity index (χ0) is 11.7. The first-order valence-corrected chi connectivity index (χ1v) is 5.21. The summed E-state index contributed by atoms with van der Waals surface area (Å²) in [5.74, 6) is 0.269. The van der Waals surface area contributed by atoms with Crippen LogP contribution < -0.4 is 10.5 Å². The van der Waals surface area contributed by atoms with E-state index in [1.807, 2.05) is 23.6 Å². The number of hydrogen-bond acceptors (Lipinski definition) is 2. The zero-order valence-electron chi connectivity index (χ0n) is 9.46. The molecule has 1 aromatic carbocycles. The van der Waals surface area contributed by atoms with Crippen LogP contribution in [0, 0.1) is 12.7 Å². The first-order valence-electron chi connectivity index (χ1n) is 5.21. The summed E-state index contributed by atoms with van der Waals surface area (Å²) in [4.78, 5) is 0. The van der Waals surface area contributed by atoms with Gasteiger partial charge in [-0.05, 0) is 19.1 Å². The minimum atomic E-state index is -0.268. The van der Waals surface area contributed by atoms with Gasteiger partial charge in [-0.15, -0.1) is 0 Å². The van der Waals surface area contributed by atoms with Crippen LogP contribution in [0.2, 0.25) is 0 Å². The number of aromatic nitrogens is 1. The SMILES string of the molecule is COc1cc(F)c2c(c1)cc(C)n2CCN. The number of halogens is 1. The maximum atomic E-state index is 13.9. The van der Waals surface area contributed by atoms with E-state index >= 15 is 0 Å². The molecule has 1 aromatic heterocycles. The summed E-state index contributed by atoms with van der Waals surface area (Å²) >= 11 is 0. The number of nitrogens with two attached hydrogens (primary N) is 1. The molecule has 3 nitrogen and oxygen atoms in total. The van der Waals surface area contributed by atoms with Gasteiger partial charge in [0, 0.05) is 30.2 Å². The van der Waals surface area contributed by atoms with Crippen LogP contribution in [0.15, 0.2) is 18.2 Å². The Balaban J connectivity index is 2.69. The van der Waals surface area contributed by atoms with Crippen LogP contribution in [0.5, 0.6) is 5.75 Å². The van der Waals surface area contributed by atoms with Gasteiger partial charge in [0.25, 0.3) is 0 Å². The summed E-state index contributed by atoms with van der Waals surface area (Å²) in [5.41, 5.74) is 7.13.